The Bertz CT molecular complexity index is 965. The highest BCUT2D eigenvalue weighted by atomic mass is 16.5. The van der Waals surface area contributed by atoms with Gasteiger partial charge < -0.3 is 18.9 Å². The van der Waals surface area contributed by atoms with E-state index in [9.17, 15) is 4.79 Å². The maximum atomic E-state index is 12.8. The number of methoxy groups -OCH3 is 2. The first kappa shape index (κ1) is 19.5. The molecule has 0 atom stereocenters. The van der Waals surface area contributed by atoms with E-state index in [4.69, 9.17) is 18.9 Å². The molecule has 28 heavy (non-hydrogen) atoms. The summed E-state index contributed by atoms with van der Waals surface area (Å²) in [5.74, 6) is 2.60. The summed E-state index contributed by atoms with van der Waals surface area (Å²) in [6.45, 7) is 6.40. The smallest absolute Gasteiger partial charge is 0.231 e. The predicted octanol–water partition coefficient (Wildman–Crippen LogP) is 4.97. The van der Waals surface area contributed by atoms with Gasteiger partial charge in [-0.25, -0.2) is 0 Å². The summed E-state index contributed by atoms with van der Waals surface area (Å²) < 4.78 is 22.4. The number of allylic oxidation sites excluding steroid dienone is 2. The highest BCUT2D eigenvalue weighted by Crippen LogP contribution is 2.40. The standard InChI is InChI=1S/C23H24O5/c1-14(2)10-11-27-19-9-7-18-22(24)21(28-23(18)15(19)3)13-16-12-17(25-4)6-8-20(16)26-5/h6-10,12-13H,11H2,1-5H3/b21-13-. The van der Waals surface area contributed by atoms with Crippen molar-refractivity contribution in [2.75, 3.05) is 20.8 Å². The van der Waals surface area contributed by atoms with E-state index in [1.807, 2.05) is 32.9 Å². The molecule has 2 aromatic carbocycles. The van der Waals surface area contributed by atoms with Crippen molar-refractivity contribution in [3.8, 4) is 23.0 Å². The van der Waals surface area contributed by atoms with E-state index in [0.717, 1.165) is 5.56 Å². The number of carbonyl (C=O) groups excluding carboxylic acids is 1. The molecule has 0 N–H and O–H groups in total. The van der Waals surface area contributed by atoms with Crippen LogP contribution in [0, 0.1) is 6.92 Å². The number of ether oxygens (including phenoxy) is 4. The van der Waals surface area contributed by atoms with Gasteiger partial charge in [0.05, 0.1) is 19.8 Å². The van der Waals surface area contributed by atoms with Crippen molar-refractivity contribution in [1.29, 1.82) is 0 Å². The van der Waals surface area contributed by atoms with Crippen LogP contribution in [0.2, 0.25) is 0 Å². The Morgan fingerprint density at radius 1 is 1.07 bits per heavy atom. The molecule has 146 valence electrons. The minimum Gasteiger partial charge on any atom is -0.497 e. The highest BCUT2D eigenvalue weighted by Gasteiger charge is 2.30. The van der Waals surface area contributed by atoms with Gasteiger partial charge in [0, 0.05) is 11.1 Å². The van der Waals surface area contributed by atoms with Gasteiger partial charge in [-0.15, -0.1) is 0 Å². The Labute approximate surface area is 165 Å². The zero-order chi connectivity index (χ0) is 20.3. The molecule has 0 fully saturated rings. The summed E-state index contributed by atoms with van der Waals surface area (Å²) in [5, 5.41) is 0. The van der Waals surface area contributed by atoms with Gasteiger partial charge in [-0.2, -0.15) is 0 Å². The number of Topliss-reactive ketones (excluding diaryl/α,β-unsaturated/α-hetero) is 1. The monoisotopic (exact) mass is 380 g/mol. The maximum Gasteiger partial charge on any atom is 0.231 e. The minimum absolute atomic E-state index is 0.168. The van der Waals surface area contributed by atoms with Crippen LogP contribution in [0.25, 0.3) is 6.08 Å². The zero-order valence-electron chi connectivity index (χ0n) is 16.8. The van der Waals surface area contributed by atoms with Gasteiger partial charge >= 0.3 is 0 Å². The molecule has 0 spiro atoms. The number of benzene rings is 2. The van der Waals surface area contributed by atoms with Crippen molar-refractivity contribution >= 4 is 11.9 Å². The Hall–Kier alpha value is -3.21. The molecule has 0 unspecified atom stereocenters. The van der Waals surface area contributed by atoms with Gasteiger partial charge in [0.15, 0.2) is 5.76 Å². The number of hydrogen-bond acceptors (Lipinski definition) is 5. The molecule has 0 aromatic heterocycles. The average Bonchev–Trinajstić information content (AvgIpc) is 3.00. The van der Waals surface area contributed by atoms with Gasteiger partial charge in [0.25, 0.3) is 0 Å². The Kier molecular flexibility index (Phi) is 5.73. The lowest BCUT2D eigenvalue weighted by Crippen LogP contribution is -1.99. The molecule has 0 saturated heterocycles. The fourth-order valence-corrected chi connectivity index (χ4v) is 2.92. The summed E-state index contributed by atoms with van der Waals surface area (Å²) in [5.41, 5.74) is 3.22. The van der Waals surface area contributed by atoms with Crippen molar-refractivity contribution < 1.29 is 23.7 Å². The van der Waals surface area contributed by atoms with Crippen LogP contribution in [0.4, 0.5) is 0 Å². The Balaban J connectivity index is 1.92. The second-order valence-corrected chi connectivity index (χ2v) is 6.71. The van der Waals surface area contributed by atoms with Crippen molar-refractivity contribution in [3.05, 3.63) is 64.4 Å². The summed E-state index contributed by atoms with van der Waals surface area (Å²) in [6, 6.07) is 8.94. The van der Waals surface area contributed by atoms with Crippen molar-refractivity contribution in [3.63, 3.8) is 0 Å². The fourth-order valence-electron chi connectivity index (χ4n) is 2.92. The molecule has 0 aliphatic carbocycles. The largest absolute Gasteiger partial charge is 0.497 e. The van der Waals surface area contributed by atoms with Crippen LogP contribution in [0.3, 0.4) is 0 Å². The summed E-state index contributed by atoms with van der Waals surface area (Å²) in [7, 11) is 3.17. The van der Waals surface area contributed by atoms with E-state index in [2.05, 4.69) is 0 Å². The van der Waals surface area contributed by atoms with Crippen molar-refractivity contribution in [2.45, 2.75) is 20.8 Å². The third kappa shape index (κ3) is 3.88. The van der Waals surface area contributed by atoms with Crippen LogP contribution in [0.5, 0.6) is 23.0 Å². The minimum atomic E-state index is -0.168. The summed E-state index contributed by atoms with van der Waals surface area (Å²) in [6.07, 6.45) is 3.67. The van der Waals surface area contributed by atoms with Crippen molar-refractivity contribution in [2.24, 2.45) is 0 Å². The lowest BCUT2D eigenvalue weighted by Gasteiger charge is -2.10. The van der Waals surface area contributed by atoms with Crippen LogP contribution in [0.1, 0.15) is 35.3 Å². The SMILES string of the molecule is COc1ccc(OC)c(/C=C2\Oc3c(ccc(OCC=C(C)C)c3C)C2=O)c1. The predicted molar refractivity (Wildman–Crippen MR) is 109 cm³/mol. The van der Waals surface area contributed by atoms with E-state index in [1.54, 1.807) is 44.6 Å². The first-order valence-electron chi connectivity index (χ1n) is 9.00. The normalized spacial score (nSPS) is 13.8. The second-order valence-electron chi connectivity index (χ2n) is 6.71. The second kappa shape index (κ2) is 8.21. The Morgan fingerprint density at radius 2 is 1.82 bits per heavy atom. The number of fused-ring (bicyclic) bond motifs is 1. The lowest BCUT2D eigenvalue weighted by atomic mass is 10.1. The van der Waals surface area contributed by atoms with E-state index >= 15 is 0 Å². The first-order valence-corrected chi connectivity index (χ1v) is 9.00. The number of ketones is 1. The molecule has 5 heteroatoms. The third-order valence-electron chi connectivity index (χ3n) is 4.49. The van der Waals surface area contributed by atoms with E-state index in [-0.39, 0.29) is 11.5 Å². The van der Waals surface area contributed by atoms with Gasteiger partial charge in [-0.05, 0) is 63.3 Å². The molecule has 1 heterocycles. The molecule has 0 radical (unpaired) electrons. The molecule has 3 rings (SSSR count). The fraction of sp³-hybridized carbons (Fsp3) is 0.261. The average molecular weight is 380 g/mol. The molecule has 5 nitrogen and oxygen atoms in total. The molecular weight excluding hydrogens is 356 g/mol. The molecule has 0 bridgehead atoms. The van der Waals surface area contributed by atoms with E-state index in [1.165, 1.54) is 5.57 Å². The lowest BCUT2D eigenvalue weighted by molar-refractivity contribution is 0.101. The van der Waals surface area contributed by atoms with Gasteiger partial charge in [-0.1, -0.05) is 5.57 Å². The molecule has 2 aromatic rings. The van der Waals surface area contributed by atoms with Crippen LogP contribution in [0.15, 0.2) is 47.7 Å². The first-order chi connectivity index (χ1) is 13.4. The molecular formula is C23H24O5. The topological polar surface area (TPSA) is 54.0 Å². The quantitative estimate of drug-likeness (QED) is 0.523. The number of rotatable bonds is 6. The van der Waals surface area contributed by atoms with Crippen LogP contribution in [-0.2, 0) is 0 Å². The maximum absolute atomic E-state index is 12.8. The van der Waals surface area contributed by atoms with Gasteiger partial charge in [-0.3, -0.25) is 4.79 Å². The summed E-state index contributed by atoms with van der Waals surface area (Å²) in [4.78, 5) is 12.8. The molecule has 1 aliphatic heterocycles. The van der Waals surface area contributed by atoms with Crippen molar-refractivity contribution in [1.82, 2.24) is 0 Å². The van der Waals surface area contributed by atoms with E-state index < -0.39 is 0 Å². The van der Waals surface area contributed by atoms with Gasteiger partial charge in [0.2, 0.25) is 5.78 Å². The highest BCUT2D eigenvalue weighted by molar-refractivity contribution is 6.15. The third-order valence-corrected chi connectivity index (χ3v) is 4.49. The summed E-state index contributed by atoms with van der Waals surface area (Å²) >= 11 is 0. The zero-order valence-corrected chi connectivity index (χ0v) is 16.8. The van der Waals surface area contributed by atoms with Crippen LogP contribution in [-0.4, -0.2) is 26.6 Å². The van der Waals surface area contributed by atoms with Crippen LogP contribution < -0.4 is 18.9 Å². The molecule has 0 amide bonds. The number of carbonyl (C=O) groups is 1. The Morgan fingerprint density at radius 3 is 2.50 bits per heavy atom. The van der Waals surface area contributed by atoms with Crippen LogP contribution >= 0.6 is 0 Å². The molecule has 0 saturated carbocycles. The molecule has 1 aliphatic rings. The van der Waals surface area contributed by atoms with E-state index in [0.29, 0.717) is 40.7 Å². The van der Waals surface area contributed by atoms with Gasteiger partial charge in [0.1, 0.15) is 29.6 Å². The number of hydrogen-bond donors (Lipinski definition) is 0.